The van der Waals surface area contributed by atoms with Crippen molar-refractivity contribution < 1.29 is 18.9 Å². The van der Waals surface area contributed by atoms with Crippen LogP contribution < -0.4 is 5.32 Å². The quantitative estimate of drug-likeness (QED) is 0.651. The van der Waals surface area contributed by atoms with Gasteiger partial charge in [0.25, 0.3) is 11.6 Å². The molecule has 1 fully saturated rings. The topological polar surface area (TPSA) is 111 Å². The Morgan fingerprint density at radius 1 is 1.48 bits per heavy atom. The Labute approximate surface area is 143 Å². The predicted octanol–water partition coefficient (Wildman–Crippen LogP) is 1.45. The summed E-state index contributed by atoms with van der Waals surface area (Å²) in [6.45, 7) is 0.691. The van der Waals surface area contributed by atoms with Gasteiger partial charge in [0, 0.05) is 19.7 Å². The number of nitrogens with one attached hydrogen (secondary N) is 1. The SMILES string of the molecule is Cn1cc([N+](=O)[O-])cc1C(=O)N1CCC[C@H]1C(=O)NCc1ccco1. The number of carbonyl (C=O) groups excluding carboxylic acids is 2. The zero-order valence-electron chi connectivity index (χ0n) is 13.7. The van der Waals surface area contributed by atoms with Gasteiger partial charge in [-0.25, -0.2) is 0 Å². The second-order valence-corrected chi connectivity index (χ2v) is 5.91. The van der Waals surface area contributed by atoms with Gasteiger partial charge in [-0.1, -0.05) is 0 Å². The fourth-order valence-electron chi connectivity index (χ4n) is 2.99. The Morgan fingerprint density at radius 3 is 2.92 bits per heavy atom. The van der Waals surface area contributed by atoms with Crippen molar-refractivity contribution in [2.75, 3.05) is 6.54 Å². The molecular weight excluding hydrogens is 328 g/mol. The van der Waals surface area contributed by atoms with E-state index in [-0.39, 0.29) is 29.7 Å². The first-order valence-electron chi connectivity index (χ1n) is 7.89. The summed E-state index contributed by atoms with van der Waals surface area (Å²) in [5.41, 5.74) is 0.0429. The molecule has 1 saturated heterocycles. The third-order valence-electron chi connectivity index (χ3n) is 4.25. The van der Waals surface area contributed by atoms with Crippen molar-refractivity contribution in [1.82, 2.24) is 14.8 Å². The van der Waals surface area contributed by atoms with Crippen LogP contribution in [0.15, 0.2) is 35.1 Å². The number of aromatic nitrogens is 1. The van der Waals surface area contributed by atoms with E-state index in [1.165, 1.54) is 28.0 Å². The first kappa shape index (κ1) is 16.7. The number of aryl methyl sites for hydroxylation is 1. The van der Waals surface area contributed by atoms with Crippen molar-refractivity contribution in [3.8, 4) is 0 Å². The standard InChI is InChI=1S/C16H18N4O5/c1-18-10-11(20(23)24)8-14(18)16(22)19-6-2-5-13(19)15(21)17-9-12-4-3-7-25-12/h3-4,7-8,10,13H,2,5-6,9H2,1H3,(H,17,21)/t13-/m0/s1. The van der Waals surface area contributed by atoms with Crippen LogP contribution in [0.2, 0.25) is 0 Å². The molecule has 9 heteroatoms. The Bertz CT molecular complexity index is 796. The zero-order chi connectivity index (χ0) is 18.0. The van der Waals surface area contributed by atoms with Crippen LogP contribution in [-0.2, 0) is 18.4 Å². The summed E-state index contributed by atoms with van der Waals surface area (Å²) >= 11 is 0. The summed E-state index contributed by atoms with van der Waals surface area (Å²) in [7, 11) is 1.57. The summed E-state index contributed by atoms with van der Waals surface area (Å²) in [5.74, 6) is -0.0144. The van der Waals surface area contributed by atoms with Crippen molar-refractivity contribution in [2.45, 2.75) is 25.4 Å². The van der Waals surface area contributed by atoms with E-state index < -0.39 is 11.0 Å². The highest BCUT2D eigenvalue weighted by Gasteiger charge is 2.36. The van der Waals surface area contributed by atoms with E-state index in [4.69, 9.17) is 4.42 Å². The number of hydrogen-bond acceptors (Lipinski definition) is 5. The Balaban J connectivity index is 1.71. The van der Waals surface area contributed by atoms with Gasteiger partial charge >= 0.3 is 0 Å². The van der Waals surface area contributed by atoms with Crippen LogP contribution in [-0.4, -0.2) is 38.8 Å². The summed E-state index contributed by atoms with van der Waals surface area (Å²) in [5, 5.41) is 13.6. The Kier molecular flexibility index (Phi) is 4.55. The van der Waals surface area contributed by atoms with Crippen LogP contribution in [0.3, 0.4) is 0 Å². The fraction of sp³-hybridized carbons (Fsp3) is 0.375. The second kappa shape index (κ2) is 6.80. The number of hydrogen-bond donors (Lipinski definition) is 1. The highest BCUT2D eigenvalue weighted by atomic mass is 16.6. The summed E-state index contributed by atoms with van der Waals surface area (Å²) in [4.78, 5) is 37.0. The molecule has 2 aromatic rings. The number of carbonyl (C=O) groups is 2. The van der Waals surface area contributed by atoms with Gasteiger partial charge in [0.15, 0.2) is 0 Å². The molecule has 132 valence electrons. The van der Waals surface area contributed by atoms with Gasteiger partial charge in [-0.15, -0.1) is 0 Å². The minimum absolute atomic E-state index is 0.149. The van der Waals surface area contributed by atoms with E-state index in [0.717, 1.165) is 0 Å². The molecule has 9 nitrogen and oxygen atoms in total. The van der Waals surface area contributed by atoms with Crippen LogP contribution in [0.5, 0.6) is 0 Å². The minimum Gasteiger partial charge on any atom is -0.467 e. The number of nitro groups is 1. The maximum atomic E-state index is 12.7. The molecule has 25 heavy (non-hydrogen) atoms. The van der Waals surface area contributed by atoms with E-state index in [2.05, 4.69) is 5.32 Å². The van der Waals surface area contributed by atoms with Gasteiger partial charge in [0.1, 0.15) is 17.5 Å². The lowest BCUT2D eigenvalue weighted by atomic mass is 10.2. The van der Waals surface area contributed by atoms with Crippen molar-refractivity contribution in [2.24, 2.45) is 7.05 Å². The highest BCUT2D eigenvalue weighted by Crippen LogP contribution is 2.23. The van der Waals surface area contributed by atoms with E-state index >= 15 is 0 Å². The lowest BCUT2D eigenvalue weighted by Gasteiger charge is -2.23. The van der Waals surface area contributed by atoms with E-state index in [0.29, 0.717) is 25.1 Å². The first-order chi connectivity index (χ1) is 12.0. The largest absolute Gasteiger partial charge is 0.467 e. The number of rotatable bonds is 5. The van der Waals surface area contributed by atoms with Crippen LogP contribution in [0.4, 0.5) is 5.69 Å². The lowest BCUT2D eigenvalue weighted by molar-refractivity contribution is -0.384. The molecule has 3 heterocycles. The molecular formula is C16H18N4O5. The van der Waals surface area contributed by atoms with Crippen LogP contribution in [0.25, 0.3) is 0 Å². The van der Waals surface area contributed by atoms with Crippen LogP contribution >= 0.6 is 0 Å². The van der Waals surface area contributed by atoms with Gasteiger partial charge in [0.05, 0.1) is 23.9 Å². The number of furan rings is 1. The van der Waals surface area contributed by atoms with Crippen molar-refractivity contribution in [3.05, 3.63) is 52.2 Å². The monoisotopic (exact) mass is 346 g/mol. The van der Waals surface area contributed by atoms with Crippen LogP contribution in [0.1, 0.15) is 29.1 Å². The van der Waals surface area contributed by atoms with Crippen molar-refractivity contribution in [1.29, 1.82) is 0 Å². The second-order valence-electron chi connectivity index (χ2n) is 5.91. The molecule has 2 amide bonds. The smallest absolute Gasteiger partial charge is 0.287 e. The Hall–Kier alpha value is -3.10. The molecule has 0 aliphatic carbocycles. The maximum absolute atomic E-state index is 12.7. The molecule has 0 bridgehead atoms. The molecule has 3 rings (SSSR count). The van der Waals surface area contributed by atoms with E-state index in [9.17, 15) is 19.7 Å². The molecule has 1 aliphatic rings. The van der Waals surface area contributed by atoms with E-state index in [1.54, 1.807) is 19.2 Å². The normalized spacial score (nSPS) is 16.8. The van der Waals surface area contributed by atoms with Gasteiger partial charge < -0.3 is 19.2 Å². The highest BCUT2D eigenvalue weighted by molar-refractivity contribution is 5.97. The molecule has 0 aromatic carbocycles. The average molecular weight is 346 g/mol. The summed E-state index contributed by atoms with van der Waals surface area (Å²) in [6.07, 6.45) is 4.07. The fourth-order valence-corrected chi connectivity index (χ4v) is 2.99. The minimum atomic E-state index is -0.587. The molecule has 2 aromatic heterocycles. The molecule has 1 atom stereocenters. The molecule has 0 unspecified atom stereocenters. The molecule has 1 N–H and O–H groups in total. The zero-order valence-corrected chi connectivity index (χ0v) is 13.7. The van der Waals surface area contributed by atoms with Gasteiger partial charge in [0.2, 0.25) is 5.91 Å². The van der Waals surface area contributed by atoms with Gasteiger partial charge in [-0.2, -0.15) is 0 Å². The maximum Gasteiger partial charge on any atom is 0.287 e. The summed E-state index contributed by atoms with van der Waals surface area (Å²) in [6, 6.07) is 4.13. The number of amides is 2. The number of nitrogens with zero attached hydrogens (tertiary/aromatic N) is 3. The predicted molar refractivity (Wildman–Crippen MR) is 86.7 cm³/mol. The summed E-state index contributed by atoms with van der Waals surface area (Å²) < 4.78 is 6.58. The van der Waals surface area contributed by atoms with Crippen LogP contribution in [0, 0.1) is 10.1 Å². The third kappa shape index (κ3) is 3.39. The molecule has 0 radical (unpaired) electrons. The average Bonchev–Trinajstić information content (AvgIpc) is 3.32. The third-order valence-corrected chi connectivity index (χ3v) is 4.25. The van der Waals surface area contributed by atoms with Crippen molar-refractivity contribution >= 4 is 17.5 Å². The first-order valence-corrected chi connectivity index (χ1v) is 7.89. The molecule has 0 saturated carbocycles. The molecule has 0 spiro atoms. The van der Waals surface area contributed by atoms with E-state index in [1.807, 2.05) is 0 Å². The molecule has 1 aliphatic heterocycles. The lowest BCUT2D eigenvalue weighted by Crippen LogP contribution is -2.46. The van der Waals surface area contributed by atoms with Gasteiger partial charge in [-0.05, 0) is 25.0 Å². The Morgan fingerprint density at radius 2 is 2.28 bits per heavy atom. The van der Waals surface area contributed by atoms with Crippen molar-refractivity contribution in [3.63, 3.8) is 0 Å². The number of likely N-dealkylation sites (tertiary alicyclic amines) is 1. The van der Waals surface area contributed by atoms with Gasteiger partial charge in [-0.3, -0.25) is 19.7 Å².